The Morgan fingerprint density at radius 2 is 2.07 bits per heavy atom. The number of ether oxygens (including phenoxy) is 1. The van der Waals surface area contributed by atoms with Crippen LogP contribution < -0.4 is 0 Å². The predicted molar refractivity (Wildman–Crippen MR) is 52.1 cm³/mol. The van der Waals surface area contributed by atoms with Gasteiger partial charge in [0.2, 0.25) is 0 Å². The predicted octanol–water partition coefficient (Wildman–Crippen LogP) is 1.32. The average molecular weight is 209 g/mol. The van der Waals surface area contributed by atoms with Crippen LogP contribution in [0.5, 0.6) is 0 Å². The molecule has 7 heteroatoms. The van der Waals surface area contributed by atoms with Gasteiger partial charge >= 0.3 is 5.97 Å². The molecule has 7 nitrogen and oxygen atoms in total. The number of esters is 1. The summed E-state index contributed by atoms with van der Waals surface area (Å²) in [5.41, 5.74) is 0.258. The van der Waals surface area contributed by atoms with Crippen LogP contribution in [-0.2, 0) is 9.53 Å². The molecule has 0 atom stereocenters. The minimum absolute atomic E-state index is 0.258. The summed E-state index contributed by atoms with van der Waals surface area (Å²) >= 11 is 0. The molecule has 0 saturated heterocycles. The van der Waals surface area contributed by atoms with E-state index >= 15 is 0 Å². The molecule has 0 aliphatic carbocycles. The van der Waals surface area contributed by atoms with Crippen LogP contribution in [0, 0.1) is 12.2 Å². The van der Waals surface area contributed by atoms with E-state index in [1.165, 1.54) is 11.9 Å². The minimum Gasteiger partial charge on any atom is -0.367 e. The Bertz CT molecular complexity index is 348. The average Bonchev–Trinajstić information content (AvgIpc) is 2.15. The largest absolute Gasteiger partial charge is 0.367 e. The fourth-order valence-electron chi connectivity index (χ4n) is 0.317. The van der Waals surface area contributed by atoms with Crippen molar-refractivity contribution in [1.29, 1.82) is 0 Å². The molecule has 0 spiro atoms. The van der Waals surface area contributed by atoms with E-state index in [9.17, 15) is 4.79 Å². The molecular formula is C8H11N5O2. The number of carbonyl (C=O) groups is 1. The molecule has 0 radical (unpaired) electrons. The third-order valence-electron chi connectivity index (χ3n) is 0.891. The number of carbonyl (C=O) groups excluding carboxylic acids is 1. The summed E-state index contributed by atoms with van der Waals surface area (Å²) in [6.07, 6.45) is 2.02. The van der Waals surface area contributed by atoms with Crippen LogP contribution in [0.15, 0.2) is 32.9 Å². The van der Waals surface area contributed by atoms with Crippen LogP contribution in [0.25, 0.3) is 0 Å². The summed E-state index contributed by atoms with van der Waals surface area (Å²) in [5, 5.41) is 14.7. The van der Waals surface area contributed by atoms with Gasteiger partial charge in [0.1, 0.15) is 12.2 Å². The lowest BCUT2D eigenvalue weighted by Crippen LogP contribution is -1.99. The first-order chi connectivity index (χ1) is 7.04. The van der Waals surface area contributed by atoms with E-state index in [-0.39, 0.29) is 5.57 Å². The number of hydrogen-bond donors (Lipinski definition) is 0. The molecule has 0 aliphatic heterocycles. The van der Waals surface area contributed by atoms with E-state index in [4.69, 9.17) is 0 Å². The SMILES string of the molecule is C=C(C)C(=O)OC#CN=N/N=N\N(C)C. The Morgan fingerprint density at radius 3 is 2.60 bits per heavy atom. The highest BCUT2D eigenvalue weighted by Gasteiger charge is 1.98. The smallest absolute Gasteiger partial charge is 0.347 e. The maximum atomic E-state index is 10.8. The van der Waals surface area contributed by atoms with Crippen molar-refractivity contribution < 1.29 is 9.53 Å². The van der Waals surface area contributed by atoms with Gasteiger partial charge in [0.05, 0.1) is 0 Å². The summed E-state index contributed by atoms with van der Waals surface area (Å²) in [4.78, 5) is 10.8. The molecule has 0 saturated carbocycles. The number of hydrogen-bond acceptors (Lipinski definition) is 4. The van der Waals surface area contributed by atoms with Crippen molar-refractivity contribution >= 4 is 5.97 Å². The maximum Gasteiger partial charge on any atom is 0.347 e. The van der Waals surface area contributed by atoms with Gasteiger partial charge in [-0.1, -0.05) is 16.9 Å². The highest BCUT2D eigenvalue weighted by atomic mass is 16.5. The van der Waals surface area contributed by atoms with E-state index in [0.29, 0.717) is 0 Å². The van der Waals surface area contributed by atoms with Crippen molar-refractivity contribution in [3.8, 4) is 12.2 Å². The van der Waals surface area contributed by atoms with E-state index in [1.54, 1.807) is 14.1 Å². The van der Waals surface area contributed by atoms with Crippen LogP contribution >= 0.6 is 0 Å². The molecule has 0 unspecified atom stereocenters. The fourth-order valence-corrected chi connectivity index (χ4v) is 0.317. The van der Waals surface area contributed by atoms with Gasteiger partial charge in [-0.15, -0.1) is 0 Å². The molecule has 0 aromatic heterocycles. The van der Waals surface area contributed by atoms with Gasteiger partial charge in [-0.25, -0.2) is 4.79 Å². The topological polar surface area (TPSA) is 79.0 Å². The molecule has 0 aromatic carbocycles. The summed E-state index contributed by atoms with van der Waals surface area (Å²) < 4.78 is 4.40. The molecular weight excluding hydrogens is 198 g/mol. The zero-order valence-corrected chi connectivity index (χ0v) is 8.76. The van der Waals surface area contributed by atoms with Crippen LogP contribution in [0.1, 0.15) is 6.92 Å². The first-order valence-corrected chi connectivity index (χ1v) is 3.88. The Balaban J connectivity index is 3.91. The van der Waals surface area contributed by atoms with Gasteiger partial charge in [0, 0.05) is 19.7 Å². The van der Waals surface area contributed by atoms with Crippen molar-refractivity contribution in [2.45, 2.75) is 6.92 Å². The highest BCUT2D eigenvalue weighted by Crippen LogP contribution is 1.89. The Labute approximate surface area is 87.5 Å². The van der Waals surface area contributed by atoms with Gasteiger partial charge < -0.3 is 4.74 Å². The van der Waals surface area contributed by atoms with Crippen molar-refractivity contribution in [2.24, 2.45) is 20.8 Å². The van der Waals surface area contributed by atoms with Crippen LogP contribution in [0.3, 0.4) is 0 Å². The summed E-state index contributed by atoms with van der Waals surface area (Å²) in [6, 6.07) is 2.10. The van der Waals surface area contributed by atoms with Gasteiger partial charge in [-0.3, -0.25) is 5.01 Å². The lowest BCUT2D eigenvalue weighted by atomic mass is 10.4. The van der Waals surface area contributed by atoms with E-state index < -0.39 is 5.97 Å². The molecule has 80 valence electrons. The Morgan fingerprint density at radius 1 is 1.40 bits per heavy atom. The molecule has 0 fully saturated rings. The van der Waals surface area contributed by atoms with Crippen LogP contribution in [-0.4, -0.2) is 25.1 Å². The second-order valence-electron chi connectivity index (χ2n) is 2.60. The number of rotatable bonds is 3. The summed E-state index contributed by atoms with van der Waals surface area (Å²) in [5.74, 6) is -0.604. The zero-order chi connectivity index (χ0) is 11.7. The van der Waals surface area contributed by atoms with Gasteiger partial charge in [-0.2, -0.15) is 0 Å². The summed E-state index contributed by atoms with van der Waals surface area (Å²) in [6.45, 7) is 4.88. The summed E-state index contributed by atoms with van der Waals surface area (Å²) in [7, 11) is 3.36. The van der Waals surface area contributed by atoms with E-state index in [0.717, 1.165) is 0 Å². The lowest BCUT2D eigenvalue weighted by Gasteiger charge is -1.95. The van der Waals surface area contributed by atoms with Crippen molar-refractivity contribution in [3.63, 3.8) is 0 Å². The number of nitrogens with zero attached hydrogens (tertiary/aromatic N) is 5. The minimum atomic E-state index is -0.604. The first-order valence-electron chi connectivity index (χ1n) is 3.88. The quantitative estimate of drug-likeness (QED) is 0.231. The maximum absolute atomic E-state index is 10.8. The third-order valence-corrected chi connectivity index (χ3v) is 0.891. The molecule has 0 heterocycles. The van der Waals surface area contributed by atoms with Gasteiger partial charge in [0.25, 0.3) is 0 Å². The van der Waals surface area contributed by atoms with Crippen molar-refractivity contribution in [3.05, 3.63) is 12.2 Å². The highest BCUT2D eigenvalue weighted by molar-refractivity contribution is 5.87. The molecule has 0 N–H and O–H groups in total. The first kappa shape index (κ1) is 12.8. The second-order valence-corrected chi connectivity index (χ2v) is 2.60. The van der Waals surface area contributed by atoms with Crippen LogP contribution in [0.4, 0.5) is 0 Å². The third kappa shape index (κ3) is 8.11. The molecule has 0 aliphatic rings. The van der Waals surface area contributed by atoms with Crippen molar-refractivity contribution in [1.82, 2.24) is 5.01 Å². The normalized spacial score (nSPS) is 9.80. The molecule has 0 bridgehead atoms. The van der Waals surface area contributed by atoms with Crippen molar-refractivity contribution in [2.75, 3.05) is 14.1 Å². The van der Waals surface area contributed by atoms with Gasteiger partial charge in [0.15, 0.2) is 0 Å². The Kier molecular flexibility index (Phi) is 6.13. The molecule has 0 rings (SSSR count). The second kappa shape index (κ2) is 7.20. The standard InChI is InChI=1S/C8H11N5O2/c1-7(2)8(14)15-6-5-9-10-11-12-13(3)4/h1H2,2-4H3/b10-9?,12-11-. The lowest BCUT2D eigenvalue weighted by molar-refractivity contribution is -0.132. The molecule has 15 heavy (non-hydrogen) atoms. The monoisotopic (exact) mass is 209 g/mol. The van der Waals surface area contributed by atoms with E-state index in [2.05, 4.69) is 38.1 Å². The molecule has 0 amide bonds. The van der Waals surface area contributed by atoms with Gasteiger partial charge in [-0.05, 0) is 17.4 Å². The van der Waals surface area contributed by atoms with E-state index in [1.807, 2.05) is 6.11 Å². The van der Waals surface area contributed by atoms with Crippen LogP contribution in [0.2, 0.25) is 0 Å². The molecule has 0 aromatic rings. The fraction of sp³-hybridized carbons (Fsp3) is 0.375. The zero-order valence-electron chi connectivity index (χ0n) is 8.76. The Hall–Kier alpha value is -2.23.